The van der Waals surface area contributed by atoms with Gasteiger partial charge in [-0.25, -0.2) is 9.13 Å². The maximum atomic E-state index is 10.0. The van der Waals surface area contributed by atoms with Crippen LogP contribution in [0.25, 0.3) is 0 Å². The summed E-state index contributed by atoms with van der Waals surface area (Å²) in [5.41, 5.74) is 0. The standard InChI is InChI=1S/C4H9O4P.C3H7O4P.C2H4/c1-3-4(2)8-9(5,6)7;1-2-3-7-8(4,5)6;1-2/h3-4H,1H2,2H3,(H2,5,6,7);2H,1,3H2,(H2,4,5,6);1-2H2. The lowest BCUT2D eigenvalue weighted by Gasteiger charge is -2.07. The Morgan fingerprint density at radius 2 is 1.53 bits per heavy atom. The third kappa shape index (κ3) is 31.8. The van der Waals surface area contributed by atoms with E-state index >= 15 is 0 Å². The number of rotatable bonds is 6. The number of phosphoric ester groups is 2. The highest BCUT2D eigenvalue weighted by Crippen LogP contribution is 2.37. The van der Waals surface area contributed by atoms with Crippen LogP contribution in [-0.2, 0) is 18.2 Å². The third-order valence-corrected chi connectivity index (χ3v) is 2.09. The van der Waals surface area contributed by atoms with E-state index in [1.165, 1.54) is 19.1 Å². The zero-order valence-corrected chi connectivity index (χ0v) is 12.4. The van der Waals surface area contributed by atoms with Crippen LogP contribution in [0, 0.1) is 0 Å². The van der Waals surface area contributed by atoms with Crippen LogP contribution in [0.15, 0.2) is 38.5 Å². The van der Waals surface area contributed by atoms with Crippen LogP contribution in [-0.4, -0.2) is 32.3 Å². The molecule has 0 aromatic rings. The van der Waals surface area contributed by atoms with Gasteiger partial charge in [0.25, 0.3) is 0 Å². The predicted molar refractivity (Wildman–Crippen MR) is 72.2 cm³/mol. The predicted octanol–water partition coefficient (Wildman–Crippen LogP) is 1.75. The number of hydrogen-bond donors (Lipinski definition) is 4. The Morgan fingerprint density at radius 1 is 1.11 bits per heavy atom. The first-order valence-electron chi connectivity index (χ1n) is 4.69. The molecule has 0 heterocycles. The van der Waals surface area contributed by atoms with Crippen LogP contribution in [0.2, 0.25) is 0 Å². The molecule has 4 N–H and O–H groups in total. The monoisotopic (exact) mass is 318 g/mol. The summed E-state index contributed by atoms with van der Waals surface area (Å²) < 4.78 is 27.9. The van der Waals surface area contributed by atoms with E-state index in [9.17, 15) is 9.13 Å². The largest absolute Gasteiger partial charge is 0.470 e. The van der Waals surface area contributed by atoms with E-state index in [0.29, 0.717) is 0 Å². The summed E-state index contributed by atoms with van der Waals surface area (Å²) in [6, 6.07) is 0. The quantitative estimate of drug-likeness (QED) is 0.430. The Hall–Kier alpha value is -0.560. The van der Waals surface area contributed by atoms with Gasteiger partial charge in [-0.05, 0) is 6.92 Å². The van der Waals surface area contributed by atoms with Gasteiger partial charge in [-0.1, -0.05) is 12.2 Å². The second-order valence-corrected chi connectivity index (χ2v) is 5.04. The van der Waals surface area contributed by atoms with Gasteiger partial charge < -0.3 is 19.6 Å². The molecule has 0 spiro atoms. The van der Waals surface area contributed by atoms with Crippen molar-refractivity contribution in [2.45, 2.75) is 13.0 Å². The van der Waals surface area contributed by atoms with Gasteiger partial charge in [-0.2, -0.15) is 0 Å². The number of phosphoric acid groups is 2. The van der Waals surface area contributed by atoms with Crippen LogP contribution < -0.4 is 0 Å². The average Bonchev–Trinajstić information content (AvgIpc) is 2.26. The minimum Gasteiger partial charge on any atom is -0.303 e. The van der Waals surface area contributed by atoms with Crippen molar-refractivity contribution in [1.82, 2.24) is 0 Å². The Bertz CT molecular complexity index is 331. The summed E-state index contributed by atoms with van der Waals surface area (Å²) in [5, 5.41) is 0. The highest BCUT2D eigenvalue weighted by molar-refractivity contribution is 7.46. The zero-order valence-electron chi connectivity index (χ0n) is 10.6. The van der Waals surface area contributed by atoms with Crippen molar-refractivity contribution in [2.24, 2.45) is 0 Å². The summed E-state index contributed by atoms with van der Waals surface area (Å²) in [6.07, 6.45) is 1.96. The fourth-order valence-electron chi connectivity index (χ4n) is 0.409. The van der Waals surface area contributed by atoms with E-state index in [1.54, 1.807) is 0 Å². The Labute approximate surface area is 112 Å². The molecule has 0 saturated heterocycles. The molecule has 0 aliphatic heterocycles. The summed E-state index contributed by atoms with van der Waals surface area (Å²) in [6.45, 7) is 13.8. The van der Waals surface area contributed by atoms with Gasteiger partial charge in [-0.15, -0.1) is 26.3 Å². The van der Waals surface area contributed by atoms with Crippen LogP contribution in [0.5, 0.6) is 0 Å². The molecule has 0 rings (SSSR count). The molecular weight excluding hydrogens is 298 g/mol. The highest BCUT2D eigenvalue weighted by Gasteiger charge is 2.15. The van der Waals surface area contributed by atoms with E-state index in [1.807, 2.05) is 0 Å². The Morgan fingerprint density at radius 3 is 1.63 bits per heavy atom. The second kappa shape index (κ2) is 12.5. The molecule has 0 aromatic heterocycles. The molecule has 0 aromatic carbocycles. The summed E-state index contributed by atoms with van der Waals surface area (Å²) >= 11 is 0. The first-order valence-corrected chi connectivity index (χ1v) is 7.75. The first kappa shape index (κ1) is 23.5. The fourth-order valence-corrected chi connectivity index (χ4v) is 1.23. The molecule has 19 heavy (non-hydrogen) atoms. The van der Waals surface area contributed by atoms with Crippen molar-refractivity contribution in [3.63, 3.8) is 0 Å². The molecule has 10 heteroatoms. The van der Waals surface area contributed by atoms with Gasteiger partial charge in [-0.3, -0.25) is 9.05 Å². The molecule has 0 fully saturated rings. The van der Waals surface area contributed by atoms with Crippen molar-refractivity contribution in [2.75, 3.05) is 6.61 Å². The molecule has 0 radical (unpaired) electrons. The van der Waals surface area contributed by atoms with Gasteiger partial charge >= 0.3 is 15.6 Å². The van der Waals surface area contributed by atoms with Crippen molar-refractivity contribution in [1.29, 1.82) is 0 Å². The maximum Gasteiger partial charge on any atom is 0.470 e. The summed E-state index contributed by atoms with van der Waals surface area (Å²) in [7, 11) is -8.56. The highest BCUT2D eigenvalue weighted by atomic mass is 31.2. The lowest BCUT2D eigenvalue weighted by atomic mass is 10.4. The lowest BCUT2D eigenvalue weighted by Crippen LogP contribution is -2.00. The normalized spacial score (nSPS) is 12.1. The molecule has 1 atom stereocenters. The van der Waals surface area contributed by atoms with E-state index in [-0.39, 0.29) is 6.61 Å². The van der Waals surface area contributed by atoms with Crippen LogP contribution in [0.3, 0.4) is 0 Å². The van der Waals surface area contributed by atoms with Gasteiger partial charge in [0, 0.05) is 0 Å². The van der Waals surface area contributed by atoms with Crippen LogP contribution in [0.1, 0.15) is 6.92 Å². The van der Waals surface area contributed by atoms with Crippen LogP contribution >= 0.6 is 15.6 Å². The van der Waals surface area contributed by atoms with Gasteiger partial charge in [0.1, 0.15) is 0 Å². The first-order chi connectivity index (χ1) is 8.52. The van der Waals surface area contributed by atoms with E-state index in [4.69, 9.17) is 19.6 Å². The molecule has 0 bridgehead atoms. The van der Waals surface area contributed by atoms with Gasteiger partial charge in [0.05, 0.1) is 12.7 Å². The molecule has 0 aliphatic rings. The topological polar surface area (TPSA) is 134 Å². The van der Waals surface area contributed by atoms with E-state index < -0.39 is 21.7 Å². The summed E-state index contributed by atoms with van der Waals surface area (Å²) in [5.74, 6) is 0. The lowest BCUT2D eigenvalue weighted by molar-refractivity contribution is 0.171. The van der Waals surface area contributed by atoms with Crippen molar-refractivity contribution in [3.8, 4) is 0 Å². The van der Waals surface area contributed by atoms with Gasteiger partial charge in [0.2, 0.25) is 0 Å². The minimum atomic E-state index is -4.31. The van der Waals surface area contributed by atoms with E-state index in [0.717, 1.165) is 0 Å². The van der Waals surface area contributed by atoms with Crippen molar-refractivity contribution in [3.05, 3.63) is 38.5 Å². The minimum absolute atomic E-state index is 0.121. The van der Waals surface area contributed by atoms with Gasteiger partial charge in [0.15, 0.2) is 0 Å². The molecule has 0 saturated carbocycles. The Balaban J connectivity index is -0.000000239. The molecule has 1 unspecified atom stereocenters. The smallest absolute Gasteiger partial charge is 0.303 e. The summed E-state index contributed by atoms with van der Waals surface area (Å²) in [4.78, 5) is 32.3. The molecular formula is C9H20O8P2. The Kier molecular flexibility index (Phi) is 15.4. The fraction of sp³-hybridized carbons (Fsp3) is 0.333. The van der Waals surface area contributed by atoms with Crippen molar-refractivity contribution < 1.29 is 37.8 Å². The molecule has 8 nitrogen and oxygen atoms in total. The molecule has 114 valence electrons. The zero-order chi connectivity index (χ0) is 16.1. The third-order valence-electron chi connectivity index (χ3n) is 0.996. The molecule has 0 aliphatic carbocycles. The average molecular weight is 318 g/mol. The molecule has 0 amide bonds. The number of hydrogen-bond acceptors (Lipinski definition) is 4. The second-order valence-electron chi connectivity index (χ2n) is 2.61. The maximum absolute atomic E-state index is 10.0. The SMILES string of the molecule is C=C.C=CC(C)OP(=O)(O)O.C=CCOP(=O)(O)O. The van der Waals surface area contributed by atoms with Crippen LogP contribution in [0.4, 0.5) is 0 Å². The van der Waals surface area contributed by atoms with Crippen molar-refractivity contribution >= 4 is 15.6 Å². The van der Waals surface area contributed by atoms with E-state index in [2.05, 4.69) is 35.4 Å².